The third-order valence-electron chi connectivity index (χ3n) is 5.53. The number of benzene rings is 2. The standard InChI is InChI=1S/C24H23N3O7/c1-31-20-14-21-25-24(17-6-4-3-5-7-17,16-22(28)26(21)23(15-20)32-2)18-8-10-19(11-9-18)33-12-13-34-27(29)30/h3-11,14-15H,12-13,16H2,1-2H3. The maximum absolute atomic E-state index is 13.4. The normalized spacial score (nSPS) is 19.3. The summed E-state index contributed by atoms with van der Waals surface area (Å²) in [5.74, 6) is 1.60. The van der Waals surface area contributed by atoms with E-state index in [1.807, 2.05) is 42.5 Å². The number of allylic oxidation sites excluding steroid dienone is 1. The lowest BCUT2D eigenvalue weighted by Gasteiger charge is -2.40. The van der Waals surface area contributed by atoms with Gasteiger partial charge in [-0.1, -0.05) is 42.5 Å². The number of ether oxygens (including phenoxy) is 3. The van der Waals surface area contributed by atoms with E-state index in [0.717, 1.165) is 11.1 Å². The molecule has 4 rings (SSSR count). The predicted octanol–water partition coefficient (Wildman–Crippen LogP) is 3.18. The summed E-state index contributed by atoms with van der Waals surface area (Å²) in [7, 11) is 3.03. The van der Waals surface area contributed by atoms with E-state index in [9.17, 15) is 14.9 Å². The molecule has 0 aromatic heterocycles. The van der Waals surface area contributed by atoms with Gasteiger partial charge in [0.1, 0.15) is 36.1 Å². The number of amides is 1. The van der Waals surface area contributed by atoms with Gasteiger partial charge < -0.3 is 19.0 Å². The molecule has 2 aromatic rings. The summed E-state index contributed by atoms with van der Waals surface area (Å²) >= 11 is 0. The molecule has 34 heavy (non-hydrogen) atoms. The van der Waals surface area contributed by atoms with Gasteiger partial charge in [0.25, 0.3) is 5.09 Å². The van der Waals surface area contributed by atoms with Crippen molar-refractivity contribution in [3.63, 3.8) is 0 Å². The third kappa shape index (κ3) is 4.42. The Morgan fingerprint density at radius 1 is 1.00 bits per heavy atom. The molecular formula is C24H23N3O7. The number of hydrogen-bond donors (Lipinski definition) is 0. The minimum atomic E-state index is -0.983. The Balaban J connectivity index is 1.73. The number of carbonyl (C=O) groups is 1. The van der Waals surface area contributed by atoms with Gasteiger partial charge >= 0.3 is 0 Å². The monoisotopic (exact) mass is 465 g/mol. The number of aliphatic imine (C=N–C) groups is 1. The van der Waals surface area contributed by atoms with Crippen molar-refractivity contribution < 1.29 is 28.9 Å². The number of methoxy groups -OCH3 is 2. The molecule has 2 aromatic carbocycles. The van der Waals surface area contributed by atoms with E-state index >= 15 is 0 Å². The van der Waals surface area contributed by atoms with Crippen LogP contribution < -0.4 is 4.74 Å². The highest BCUT2D eigenvalue weighted by molar-refractivity contribution is 6.09. The molecule has 10 heteroatoms. The summed E-state index contributed by atoms with van der Waals surface area (Å²) in [5, 5.41) is 9.40. The molecule has 10 nitrogen and oxygen atoms in total. The van der Waals surface area contributed by atoms with Gasteiger partial charge in [-0.05, 0) is 23.3 Å². The largest absolute Gasteiger partial charge is 0.496 e. The summed E-state index contributed by atoms with van der Waals surface area (Å²) in [5.41, 5.74) is 0.654. The summed E-state index contributed by atoms with van der Waals surface area (Å²) < 4.78 is 16.3. The third-order valence-corrected chi connectivity index (χ3v) is 5.53. The second kappa shape index (κ2) is 9.65. The zero-order chi connectivity index (χ0) is 24.1. The molecule has 0 N–H and O–H groups in total. The Morgan fingerprint density at radius 3 is 2.35 bits per heavy atom. The van der Waals surface area contributed by atoms with E-state index in [1.54, 1.807) is 24.3 Å². The molecule has 0 saturated heterocycles. The van der Waals surface area contributed by atoms with Crippen LogP contribution in [0.5, 0.6) is 5.75 Å². The van der Waals surface area contributed by atoms with Gasteiger partial charge in [-0.25, -0.2) is 4.90 Å². The van der Waals surface area contributed by atoms with E-state index in [2.05, 4.69) is 4.84 Å². The molecule has 0 saturated carbocycles. The molecule has 1 atom stereocenters. The van der Waals surface area contributed by atoms with Crippen molar-refractivity contribution >= 4 is 11.7 Å². The summed E-state index contributed by atoms with van der Waals surface area (Å²) in [6.45, 7) is -0.152. The van der Waals surface area contributed by atoms with Crippen LogP contribution in [-0.4, -0.2) is 49.2 Å². The highest BCUT2D eigenvalue weighted by Crippen LogP contribution is 2.42. The van der Waals surface area contributed by atoms with Crippen molar-refractivity contribution in [2.45, 2.75) is 12.0 Å². The van der Waals surface area contributed by atoms with Gasteiger partial charge in [0, 0.05) is 12.2 Å². The first-order valence-electron chi connectivity index (χ1n) is 10.5. The van der Waals surface area contributed by atoms with E-state index in [1.165, 1.54) is 19.1 Å². The van der Waals surface area contributed by atoms with Crippen molar-refractivity contribution in [1.29, 1.82) is 0 Å². The van der Waals surface area contributed by atoms with Crippen LogP contribution in [0.4, 0.5) is 0 Å². The van der Waals surface area contributed by atoms with Crippen molar-refractivity contribution in [2.75, 3.05) is 27.4 Å². The Bertz CT molecular complexity index is 1160. The molecule has 176 valence electrons. The lowest BCUT2D eigenvalue weighted by atomic mass is 9.79. The zero-order valence-corrected chi connectivity index (χ0v) is 18.7. The first-order valence-corrected chi connectivity index (χ1v) is 10.5. The van der Waals surface area contributed by atoms with Gasteiger partial charge in [-0.15, -0.1) is 10.1 Å². The number of amidine groups is 1. The van der Waals surface area contributed by atoms with Crippen LogP contribution in [-0.2, 0) is 24.6 Å². The van der Waals surface area contributed by atoms with Gasteiger partial charge in [0.15, 0.2) is 0 Å². The van der Waals surface area contributed by atoms with Crippen LogP contribution in [0.1, 0.15) is 17.5 Å². The van der Waals surface area contributed by atoms with Crippen molar-refractivity contribution in [1.82, 2.24) is 4.90 Å². The van der Waals surface area contributed by atoms with Crippen LogP contribution in [0.25, 0.3) is 0 Å². The van der Waals surface area contributed by atoms with E-state index in [0.29, 0.717) is 23.2 Å². The summed E-state index contributed by atoms with van der Waals surface area (Å²) in [6.07, 6.45) is 3.42. The molecule has 0 aliphatic carbocycles. The van der Waals surface area contributed by atoms with Gasteiger partial charge in [0.05, 0.1) is 20.6 Å². The maximum Gasteiger partial charge on any atom is 0.294 e. The van der Waals surface area contributed by atoms with Gasteiger partial charge in [0.2, 0.25) is 11.8 Å². The fourth-order valence-corrected chi connectivity index (χ4v) is 3.98. The van der Waals surface area contributed by atoms with E-state index in [4.69, 9.17) is 19.2 Å². The van der Waals surface area contributed by atoms with Crippen LogP contribution in [0.15, 0.2) is 83.4 Å². The molecule has 0 spiro atoms. The Kier molecular flexibility index (Phi) is 6.48. The molecule has 0 bridgehead atoms. The minimum absolute atomic E-state index is 0.0244. The molecule has 2 heterocycles. The Morgan fingerprint density at radius 2 is 1.71 bits per heavy atom. The predicted molar refractivity (Wildman–Crippen MR) is 121 cm³/mol. The van der Waals surface area contributed by atoms with Crippen molar-refractivity contribution in [3.8, 4) is 5.75 Å². The fraction of sp³-hybridized carbons (Fsp3) is 0.250. The highest BCUT2D eigenvalue weighted by Gasteiger charge is 2.45. The first kappa shape index (κ1) is 22.8. The van der Waals surface area contributed by atoms with Crippen LogP contribution in [0.3, 0.4) is 0 Å². The summed E-state index contributed by atoms with van der Waals surface area (Å²) in [4.78, 5) is 34.4. The smallest absolute Gasteiger partial charge is 0.294 e. The molecule has 1 unspecified atom stereocenters. The zero-order valence-electron chi connectivity index (χ0n) is 18.7. The fourth-order valence-electron chi connectivity index (χ4n) is 3.98. The molecule has 1 amide bonds. The van der Waals surface area contributed by atoms with Crippen molar-refractivity contribution in [3.05, 3.63) is 99.6 Å². The molecule has 0 radical (unpaired) electrons. The second-order valence-electron chi connectivity index (χ2n) is 7.47. The number of rotatable bonds is 9. The van der Waals surface area contributed by atoms with Gasteiger partial charge in [-0.2, -0.15) is 0 Å². The molecule has 2 aliphatic heterocycles. The SMILES string of the molecule is COC1=CC2=NC(c3ccccc3)(c3ccc(OCCO[N+](=O)[O-])cc3)CC(=O)N2C(OC)=C1. The Labute approximate surface area is 195 Å². The minimum Gasteiger partial charge on any atom is -0.496 e. The lowest BCUT2D eigenvalue weighted by Crippen LogP contribution is -2.47. The molecular weight excluding hydrogens is 442 g/mol. The number of fused-ring (bicyclic) bond motifs is 1. The average molecular weight is 465 g/mol. The van der Waals surface area contributed by atoms with Crippen LogP contribution in [0, 0.1) is 10.1 Å². The lowest BCUT2D eigenvalue weighted by molar-refractivity contribution is -0.757. The van der Waals surface area contributed by atoms with Gasteiger partial charge in [-0.3, -0.25) is 9.79 Å². The highest BCUT2D eigenvalue weighted by atomic mass is 17.0. The maximum atomic E-state index is 13.4. The molecule has 0 fully saturated rings. The molecule has 2 aliphatic rings. The topological polar surface area (TPSA) is 113 Å². The Hall–Kier alpha value is -4.34. The van der Waals surface area contributed by atoms with Crippen LogP contribution >= 0.6 is 0 Å². The summed E-state index contributed by atoms with van der Waals surface area (Å²) in [6, 6.07) is 16.7. The van der Waals surface area contributed by atoms with Crippen LogP contribution in [0.2, 0.25) is 0 Å². The first-order chi connectivity index (χ1) is 16.5. The van der Waals surface area contributed by atoms with E-state index < -0.39 is 10.6 Å². The average Bonchev–Trinajstić information content (AvgIpc) is 2.86. The van der Waals surface area contributed by atoms with E-state index in [-0.39, 0.29) is 25.5 Å². The second-order valence-corrected chi connectivity index (χ2v) is 7.47. The quantitative estimate of drug-likeness (QED) is 0.318. The number of carbonyl (C=O) groups excluding carboxylic acids is 1. The number of nitrogens with zero attached hydrogens (tertiary/aromatic N) is 3. The number of hydrogen-bond acceptors (Lipinski definition) is 8. The van der Waals surface area contributed by atoms with Crippen molar-refractivity contribution in [2.24, 2.45) is 4.99 Å².